The van der Waals surface area contributed by atoms with Gasteiger partial charge in [-0.25, -0.2) is 4.98 Å². The summed E-state index contributed by atoms with van der Waals surface area (Å²) in [5.41, 5.74) is 0.873. The smallest absolute Gasteiger partial charge is 0.325 e. The maximum atomic E-state index is 12.4. The maximum Gasteiger partial charge on any atom is 0.325 e. The lowest BCUT2D eigenvalue weighted by Gasteiger charge is -2.14. The second-order valence-corrected chi connectivity index (χ2v) is 5.96. The zero-order valence-electron chi connectivity index (χ0n) is 15.9. The van der Waals surface area contributed by atoms with Crippen LogP contribution in [-0.2, 0) is 20.7 Å². The van der Waals surface area contributed by atoms with Crippen LogP contribution in [0.5, 0.6) is 11.5 Å². The molecule has 0 aliphatic rings. The summed E-state index contributed by atoms with van der Waals surface area (Å²) >= 11 is 0. The van der Waals surface area contributed by atoms with Gasteiger partial charge in [0.15, 0.2) is 11.4 Å². The van der Waals surface area contributed by atoms with E-state index in [1.165, 1.54) is 26.3 Å². The van der Waals surface area contributed by atoms with E-state index in [4.69, 9.17) is 14.2 Å². The predicted octanol–water partition coefficient (Wildman–Crippen LogP) is 1.92. The van der Waals surface area contributed by atoms with Crippen molar-refractivity contribution in [3.8, 4) is 11.5 Å². The molecule has 1 amide bonds. The first-order valence-electron chi connectivity index (χ1n) is 8.63. The highest BCUT2D eigenvalue weighted by Crippen LogP contribution is 2.29. The minimum Gasteiger partial charge on any atom is -0.493 e. The summed E-state index contributed by atoms with van der Waals surface area (Å²) < 4.78 is 15.4. The Morgan fingerprint density at radius 3 is 2.50 bits per heavy atom. The van der Waals surface area contributed by atoms with Crippen LogP contribution in [0.4, 0.5) is 0 Å². The lowest BCUT2D eigenvalue weighted by Crippen LogP contribution is -2.33. The van der Waals surface area contributed by atoms with Gasteiger partial charge in [-0.1, -0.05) is 30.3 Å². The fraction of sp³-hybridized carbons (Fsp3) is 0.300. The molecular weight excluding hydrogens is 364 g/mol. The van der Waals surface area contributed by atoms with Crippen molar-refractivity contribution in [3.05, 3.63) is 53.9 Å². The van der Waals surface area contributed by atoms with Crippen molar-refractivity contribution in [2.45, 2.75) is 26.4 Å². The second kappa shape index (κ2) is 10.1. The minimum atomic E-state index is -0.692. The lowest BCUT2D eigenvalue weighted by molar-refractivity contribution is -0.146. The summed E-state index contributed by atoms with van der Waals surface area (Å²) in [5, 5.41) is 2.41. The molecule has 1 aromatic carbocycles. The van der Waals surface area contributed by atoms with Gasteiger partial charge in [0.05, 0.1) is 7.11 Å². The van der Waals surface area contributed by atoms with E-state index in [2.05, 4.69) is 10.3 Å². The van der Waals surface area contributed by atoms with Gasteiger partial charge >= 0.3 is 11.9 Å². The third kappa shape index (κ3) is 6.08. The van der Waals surface area contributed by atoms with Crippen LogP contribution in [0, 0.1) is 0 Å². The van der Waals surface area contributed by atoms with E-state index in [1.54, 1.807) is 6.92 Å². The molecule has 0 saturated heterocycles. The van der Waals surface area contributed by atoms with Crippen LogP contribution in [0.2, 0.25) is 0 Å². The van der Waals surface area contributed by atoms with Crippen LogP contribution in [0.1, 0.15) is 29.9 Å². The Kier molecular flexibility index (Phi) is 7.50. The highest BCUT2D eigenvalue weighted by Gasteiger charge is 2.21. The monoisotopic (exact) mass is 386 g/mol. The predicted molar refractivity (Wildman–Crippen MR) is 100 cm³/mol. The van der Waals surface area contributed by atoms with Gasteiger partial charge in [0.1, 0.15) is 12.6 Å². The summed E-state index contributed by atoms with van der Waals surface area (Å²) in [7, 11) is 1.37. The summed E-state index contributed by atoms with van der Waals surface area (Å²) in [5.74, 6) is -1.85. The third-order valence-corrected chi connectivity index (χ3v) is 3.64. The first kappa shape index (κ1) is 20.9. The number of ether oxygens (including phenoxy) is 3. The van der Waals surface area contributed by atoms with E-state index in [0.717, 1.165) is 5.56 Å². The molecule has 8 heteroatoms. The third-order valence-electron chi connectivity index (χ3n) is 3.64. The number of nitrogens with one attached hydrogen (secondary N) is 1. The zero-order valence-corrected chi connectivity index (χ0v) is 15.9. The summed E-state index contributed by atoms with van der Waals surface area (Å²) in [6, 6.07) is 11.1. The number of rotatable bonds is 8. The highest BCUT2D eigenvalue weighted by molar-refractivity contribution is 5.98. The fourth-order valence-corrected chi connectivity index (χ4v) is 2.49. The Hall–Kier alpha value is -3.42. The lowest BCUT2D eigenvalue weighted by atomic mass is 10.1. The van der Waals surface area contributed by atoms with Gasteiger partial charge in [-0.2, -0.15) is 0 Å². The van der Waals surface area contributed by atoms with E-state index in [1.807, 2.05) is 30.3 Å². The molecule has 0 aliphatic heterocycles. The Labute approximate surface area is 162 Å². The van der Waals surface area contributed by atoms with Crippen LogP contribution in [0.15, 0.2) is 42.6 Å². The number of hydrogen-bond acceptors (Lipinski definition) is 7. The molecule has 1 atom stereocenters. The molecule has 8 nitrogen and oxygen atoms in total. The standard InChI is InChI=1S/C20H22N2O6/c1-13(11-15-7-5-4-6-8-15)27-17(24)12-22-20(25)18-19(28-14(2)23)16(26-3)9-10-21-18/h4-10,13H,11-12H2,1-3H3,(H,22,25). The number of amides is 1. The van der Waals surface area contributed by atoms with Crippen molar-refractivity contribution in [3.63, 3.8) is 0 Å². The molecule has 1 aromatic heterocycles. The second-order valence-electron chi connectivity index (χ2n) is 5.96. The first-order chi connectivity index (χ1) is 13.4. The van der Waals surface area contributed by atoms with E-state index in [-0.39, 0.29) is 29.8 Å². The van der Waals surface area contributed by atoms with Crippen molar-refractivity contribution in [1.29, 1.82) is 0 Å². The molecule has 0 saturated carbocycles. The van der Waals surface area contributed by atoms with E-state index >= 15 is 0 Å². The van der Waals surface area contributed by atoms with Crippen LogP contribution in [-0.4, -0.2) is 42.6 Å². The molecule has 1 unspecified atom stereocenters. The molecule has 148 valence electrons. The number of carbonyl (C=O) groups excluding carboxylic acids is 3. The topological polar surface area (TPSA) is 104 Å². The number of esters is 2. The number of hydrogen-bond donors (Lipinski definition) is 1. The molecule has 0 radical (unpaired) electrons. The van der Waals surface area contributed by atoms with Crippen molar-refractivity contribution in [2.75, 3.05) is 13.7 Å². The molecular formula is C20H22N2O6. The average molecular weight is 386 g/mol. The number of carbonyl (C=O) groups is 3. The van der Waals surface area contributed by atoms with Gasteiger partial charge in [0.25, 0.3) is 5.91 Å². The molecule has 0 spiro atoms. The molecule has 2 rings (SSSR count). The zero-order chi connectivity index (χ0) is 20.5. The van der Waals surface area contributed by atoms with Crippen LogP contribution in [0.3, 0.4) is 0 Å². The largest absolute Gasteiger partial charge is 0.493 e. The SMILES string of the molecule is COc1ccnc(C(=O)NCC(=O)OC(C)Cc2ccccc2)c1OC(C)=O. The number of aromatic nitrogens is 1. The fourth-order valence-electron chi connectivity index (χ4n) is 2.49. The molecule has 0 fully saturated rings. The maximum absolute atomic E-state index is 12.4. The normalized spacial score (nSPS) is 11.2. The number of nitrogens with zero attached hydrogens (tertiary/aromatic N) is 1. The van der Waals surface area contributed by atoms with Crippen LogP contribution in [0.25, 0.3) is 0 Å². The Morgan fingerprint density at radius 2 is 1.86 bits per heavy atom. The van der Waals surface area contributed by atoms with Gasteiger partial charge in [0, 0.05) is 25.6 Å². The van der Waals surface area contributed by atoms with Crippen LogP contribution >= 0.6 is 0 Å². The van der Waals surface area contributed by atoms with E-state index in [0.29, 0.717) is 6.42 Å². The summed E-state index contributed by atoms with van der Waals surface area (Å²) in [6.07, 6.45) is 1.55. The first-order valence-corrected chi connectivity index (χ1v) is 8.63. The highest BCUT2D eigenvalue weighted by atomic mass is 16.6. The van der Waals surface area contributed by atoms with Gasteiger partial charge in [-0.15, -0.1) is 0 Å². The minimum absolute atomic E-state index is 0.110. The van der Waals surface area contributed by atoms with Gasteiger partial charge in [-0.05, 0) is 12.5 Å². The van der Waals surface area contributed by atoms with Crippen molar-refractivity contribution >= 4 is 17.8 Å². The van der Waals surface area contributed by atoms with E-state index < -0.39 is 17.8 Å². The van der Waals surface area contributed by atoms with Gasteiger partial charge in [-0.3, -0.25) is 14.4 Å². The average Bonchev–Trinajstić information content (AvgIpc) is 2.66. The number of benzene rings is 1. The number of methoxy groups -OCH3 is 1. The Balaban J connectivity index is 1.94. The molecule has 0 aliphatic carbocycles. The number of pyridine rings is 1. The van der Waals surface area contributed by atoms with Crippen molar-refractivity contribution in [1.82, 2.24) is 10.3 Å². The van der Waals surface area contributed by atoms with Crippen molar-refractivity contribution < 1.29 is 28.6 Å². The van der Waals surface area contributed by atoms with E-state index in [9.17, 15) is 14.4 Å². The molecule has 1 heterocycles. The van der Waals surface area contributed by atoms with Crippen molar-refractivity contribution in [2.24, 2.45) is 0 Å². The molecule has 1 N–H and O–H groups in total. The Morgan fingerprint density at radius 1 is 1.14 bits per heavy atom. The Bertz CT molecular complexity index is 838. The van der Waals surface area contributed by atoms with Gasteiger partial charge < -0.3 is 19.5 Å². The summed E-state index contributed by atoms with van der Waals surface area (Å²) in [4.78, 5) is 39.6. The molecule has 0 bridgehead atoms. The molecule has 2 aromatic rings. The summed E-state index contributed by atoms with van der Waals surface area (Å²) in [6.45, 7) is 2.62. The van der Waals surface area contributed by atoms with Gasteiger partial charge in [0.2, 0.25) is 5.75 Å². The van der Waals surface area contributed by atoms with Crippen LogP contribution < -0.4 is 14.8 Å². The molecule has 28 heavy (non-hydrogen) atoms. The quantitative estimate of drug-likeness (QED) is 0.691.